The minimum absolute atomic E-state index is 0.00710. The van der Waals surface area contributed by atoms with Gasteiger partial charge in [0.1, 0.15) is 18.8 Å². The molecule has 2 unspecified atom stereocenters. The first-order valence-corrected chi connectivity index (χ1v) is 11.8. The van der Waals surface area contributed by atoms with Crippen molar-refractivity contribution < 1.29 is 50.7 Å². The molecule has 1 aliphatic rings. The Kier molecular flexibility index (Phi) is 8.95. The first-order valence-electron chi connectivity index (χ1n) is 10.0. The van der Waals surface area contributed by atoms with Gasteiger partial charge in [0.2, 0.25) is 6.29 Å². The van der Waals surface area contributed by atoms with Crippen LogP contribution in [0.2, 0.25) is 0 Å². The smallest absolute Gasteiger partial charge is 0.305 e. The maximum Gasteiger partial charge on any atom is 0.305 e. The highest BCUT2D eigenvalue weighted by molar-refractivity contribution is 7.86. The maximum atomic E-state index is 11.9. The lowest BCUT2D eigenvalue weighted by atomic mass is 9.90. The second-order valence-corrected chi connectivity index (χ2v) is 9.17. The highest BCUT2D eigenvalue weighted by Crippen LogP contribution is 2.41. The fraction of sp³-hybridized carbons (Fsp3) is 0.571. The average molecular weight is 489 g/mol. The Bertz CT molecular complexity index is 946. The van der Waals surface area contributed by atoms with Crippen molar-refractivity contribution in [3.63, 3.8) is 0 Å². The normalized spacial score (nSPS) is 25.8. The van der Waals surface area contributed by atoms with Gasteiger partial charge in [-0.25, -0.2) is 0 Å². The van der Waals surface area contributed by atoms with E-state index in [1.165, 1.54) is 6.92 Å². The van der Waals surface area contributed by atoms with E-state index >= 15 is 0 Å². The van der Waals surface area contributed by atoms with Crippen molar-refractivity contribution in [2.75, 3.05) is 12.9 Å². The molecular formula is C21H28O11S. The van der Waals surface area contributed by atoms with Crippen LogP contribution in [0, 0.1) is 0 Å². The molecule has 0 aromatic heterocycles. The molecular weight excluding hydrogens is 460 g/mol. The third-order valence-electron chi connectivity index (χ3n) is 4.75. The van der Waals surface area contributed by atoms with Crippen LogP contribution in [-0.4, -0.2) is 69.4 Å². The summed E-state index contributed by atoms with van der Waals surface area (Å²) in [5.41, 5.74) is -1.07. The van der Waals surface area contributed by atoms with Crippen molar-refractivity contribution in [3.05, 3.63) is 35.9 Å². The molecule has 1 saturated heterocycles. The highest BCUT2D eigenvalue weighted by atomic mass is 32.2. The quantitative estimate of drug-likeness (QED) is 0.265. The van der Waals surface area contributed by atoms with Gasteiger partial charge >= 0.3 is 17.9 Å². The lowest BCUT2D eigenvalue weighted by Crippen LogP contribution is -2.57. The van der Waals surface area contributed by atoms with Crippen molar-refractivity contribution in [1.82, 2.24) is 0 Å². The van der Waals surface area contributed by atoms with Crippen LogP contribution in [-0.2, 0) is 59.0 Å². The van der Waals surface area contributed by atoms with E-state index in [-0.39, 0.29) is 6.61 Å². The molecule has 1 aromatic carbocycles. The van der Waals surface area contributed by atoms with E-state index in [1.807, 2.05) is 6.07 Å². The van der Waals surface area contributed by atoms with Gasteiger partial charge in [0.05, 0.1) is 12.9 Å². The number of hydrogen-bond donors (Lipinski definition) is 0. The Morgan fingerprint density at radius 2 is 1.64 bits per heavy atom. The summed E-state index contributed by atoms with van der Waals surface area (Å²) in [6, 6.07) is 8.95. The predicted octanol–water partition coefficient (Wildman–Crippen LogP) is 1.09. The van der Waals surface area contributed by atoms with E-state index in [1.54, 1.807) is 24.3 Å². The van der Waals surface area contributed by atoms with Crippen LogP contribution in [0.5, 0.6) is 0 Å². The number of carbonyl (C=O) groups excluding carboxylic acids is 3. The molecule has 12 heteroatoms. The summed E-state index contributed by atoms with van der Waals surface area (Å²) in [5.74, 6) is -2.17. The van der Waals surface area contributed by atoms with Gasteiger partial charge in [-0.05, 0) is 12.5 Å². The third kappa shape index (κ3) is 7.49. The number of hydrogen-bond acceptors (Lipinski definition) is 11. The Morgan fingerprint density at radius 1 is 1.03 bits per heavy atom. The van der Waals surface area contributed by atoms with E-state index in [2.05, 4.69) is 0 Å². The predicted molar refractivity (Wildman–Crippen MR) is 112 cm³/mol. The van der Waals surface area contributed by atoms with Crippen LogP contribution >= 0.6 is 0 Å². The lowest BCUT2D eigenvalue weighted by molar-refractivity contribution is -0.227. The summed E-state index contributed by atoms with van der Waals surface area (Å²) in [7, 11) is -4.00. The Morgan fingerprint density at radius 3 is 2.15 bits per heavy atom. The van der Waals surface area contributed by atoms with E-state index in [0.29, 0.717) is 0 Å². The molecule has 0 radical (unpaired) electrons. The summed E-state index contributed by atoms with van der Waals surface area (Å²) in [6.45, 7) is 4.24. The van der Waals surface area contributed by atoms with Gasteiger partial charge in [0, 0.05) is 20.8 Å². The Labute approximate surface area is 192 Å². The minimum atomic E-state index is -4.00. The molecule has 11 nitrogen and oxygen atoms in total. The molecule has 0 aliphatic carbocycles. The summed E-state index contributed by atoms with van der Waals surface area (Å²) < 4.78 is 56.6. The zero-order valence-electron chi connectivity index (χ0n) is 19.0. The molecule has 5 atom stereocenters. The van der Waals surface area contributed by atoms with E-state index in [0.717, 1.165) is 32.6 Å². The molecule has 184 valence electrons. The topological polar surface area (TPSA) is 141 Å². The van der Waals surface area contributed by atoms with Crippen LogP contribution < -0.4 is 0 Å². The van der Waals surface area contributed by atoms with Gasteiger partial charge < -0.3 is 23.7 Å². The first-order chi connectivity index (χ1) is 15.3. The number of esters is 3. The van der Waals surface area contributed by atoms with Crippen LogP contribution in [0.15, 0.2) is 30.3 Å². The van der Waals surface area contributed by atoms with E-state index < -0.39 is 64.8 Å². The molecule has 1 aromatic rings. The summed E-state index contributed by atoms with van der Waals surface area (Å²) >= 11 is 0. The van der Waals surface area contributed by atoms with Gasteiger partial charge in [0.25, 0.3) is 10.1 Å². The van der Waals surface area contributed by atoms with Gasteiger partial charge in [-0.1, -0.05) is 30.3 Å². The standard InChI is InChI=1S/C21H28O11S/c1-13(32-33(5,25)26)21(12-28-14(2)22)19(27-11-17-9-7-6-8-10-17)18(29-15(3)23)20(31-21)30-16(4)24/h6-10,13,18-20H,11-12H2,1-5H3/t13?,18-,19+,20?,21+/m1/s1. The van der Waals surface area contributed by atoms with Crippen LogP contribution in [0.25, 0.3) is 0 Å². The molecule has 1 heterocycles. The number of benzene rings is 1. The van der Waals surface area contributed by atoms with Crippen molar-refractivity contribution in [2.24, 2.45) is 0 Å². The number of carbonyl (C=O) groups is 3. The Hall–Kier alpha value is -2.54. The van der Waals surface area contributed by atoms with Gasteiger partial charge in [0.15, 0.2) is 11.7 Å². The maximum absolute atomic E-state index is 11.9. The third-order valence-corrected chi connectivity index (χ3v) is 5.39. The molecule has 33 heavy (non-hydrogen) atoms. The largest absolute Gasteiger partial charge is 0.463 e. The molecule has 0 spiro atoms. The van der Waals surface area contributed by atoms with E-state index in [4.69, 9.17) is 27.9 Å². The van der Waals surface area contributed by atoms with Crippen LogP contribution in [0.3, 0.4) is 0 Å². The zero-order chi connectivity index (χ0) is 24.8. The second-order valence-electron chi connectivity index (χ2n) is 7.56. The summed E-state index contributed by atoms with van der Waals surface area (Å²) in [5, 5.41) is 0. The molecule has 1 fully saturated rings. The summed E-state index contributed by atoms with van der Waals surface area (Å²) in [4.78, 5) is 35.1. The van der Waals surface area contributed by atoms with Gasteiger partial charge in [-0.15, -0.1) is 0 Å². The van der Waals surface area contributed by atoms with Crippen molar-refractivity contribution in [2.45, 2.75) is 64.5 Å². The van der Waals surface area contributed by atoms with Crippen molar-refractivity contribution in [3.8, 4) is 0 Å². The Balaban J connectivity index is 2.54. The van der Waals surface area contributed by atoms with Crippen molar-refractivity contribution in [1.29, 1.82) is 0 Å². The zero-order valence-corrected chi connectivity index (χ0v) is 19.8. The second kappa shape index (κ2) is 11.1. The molecule has 0 N–H and O–H groups in total. The van der Waals surface area contributed by atoms with Crippen LogP contribution in [0.1, 0.15) is 33.3 Å². The lowest BCUT2D eigenvalue weighted by Gasteiger charge is -2.37. The summed E-state index contributed by atoms with van der Waals surface area (Å²) in [6.07, 6.45) is -4.50. The number of rotatable bonds is 10. The monoisotopic (exact) mass is 488 g/mol. The van der Waals surface area contributed by atoms with Gasteiger partial charge in [-0.2, -0.15) is 8.42 Å². The van der Waals surface area contributed by atoms with Crippen molar-refractivity contribution >= 4 is 28.0 Å². The molecule has 0 bridgehead atoms. The highest BCUT2D eigenvalue weighted by Gasteiger charge is 2.63. The van der Waals surface area contributed by atoms with E-state index in [9.17, 15) is 22.8 Å². The molecule has 0 saturated carbocycles. The van der Waals surface area contributed by atoms with Crippen LogP contribution in [0.4, 0.5) is 0 Å². The fourth-order valence-corrected chi connectivity index (χ4v) is 4.14. The van der Waals surface area contributed by atoms with Gasteiger partial charge in [-0.3, -0.25) is 18.6 Å². The fourth-order valence-electron chi connectivity index (χ4n) is 3.45. The SMILES string of the molecule is CC(=O)OC[C@@]1(C(C)OS(C)(=O)=O)OC(OC(C)=O)[C@H](OC(C)=O)[C@@H]1OCc1ccccc1. The first kappa shape index (κ1) is 26.7. The molecule has 0 amide bonds. The minimum Gasteiger partial charge on any atom is -0.463 e. The average Bonchev–Trinajstić information content (AvgIpc) is 2.96. The number of ether oxygens (including phenoxy) is 5. The molecule has 2 rings (SSSR count). The molecule has 1 aliphatic heterocycles.